The lowest BCUT2D eigenvalue weighted by Crippen LogP contribution is -2.41. The van der Waals surface area contributed by atoms with Crippen molar-refractivity contribution in [1.29, 1.82) is 0 Å². The number of nitrogens with zero attached hydrogens (tertiary/aromatic N) is 4. The molecule has 0 aromatic carbocycles. The summed E-state index contributed by atoms with van der Waals surface area (Å²) in [5.74, 6) is 2.42. The van der Waals surface area contributed by atoms with Crippen LogP contribution in [0, 0.1) is 0 Å². The van der Waals surface area contributed by atoms with Gasteiger partial charge in [0.2, 0.25) is 11.7 Å². The Morgan fingerprint density at radius 3 is 3.08 bits per heavy atom. The highest BCUT2D eigenvalue weighted by Crippen LogP contribution is 2.25. The van der Waals surface area contributed by atoms with E-state index >= 15 is 0 Å². The predicted octanol–water partition coefficient (Wildman–Crippen LogP) is 1.46. The van der Waals surface area contributed by atoms with Crippen molar-refractivity contribution in [3.05, 3.63) is 36.1 Å². The molecule has 132 valence electrons. The fourth-order valence-electron chi connectivity index (χ4n) is 2.99. The van der Waals surface area contributed by atoms with Crippen molar-refractivity contribution in [3.63, 3.8) is 0 Å². The summed E-state index contributed by atoms with van der Waals surface area (Å²) in [4.78, 5) is 15.7. The number of amidine groups is 1. The van der Waals surface area contributed by atoms with Gasteiger partial charge < -0.3 is 19.4 Å². The maximum atomic E-state index is 6.04. The zero-order chi connectivity index (χ0) is 17.1. The van der Waals surface area contributed by atoms with Crippen molar-refractivity contribution >= 4 is 17.4 Å². The Kier molecular flexibility index (Phi) is 4.62. The molecule has 3 aliphatic rings. The topological polar surface area (TPSA) is 101 Å². The highest BCUT2D eigenvalue weighted by atomic mass is 16.5. The monoisotopic (exact) mass is 342 g/mol. The molecule has 1 atom stereocenters. The van der Waals surface area contributed by atoms with E-state index in [1.807, 2.05) is 12.2 Å². The van der Waals surface area contributed by atoms with Crippen molar-refractivity contribution in [2.75, 3.05) is 31.6 Å². The number of allylic oxidation sites excluding steroid dienone is 3. The Balaban J connectivity index is 1.68. The summed E-state index contributed by atoms with van der Waals surface area (Å²) >= 11 is 0. The molecule has 0 saturated carbocycles. The molecule has 4 rings (SSSR count). The molecule has 8 nitrogen and oxygen atoms in total. The van der Waals surface area contributed by atoms with Crippen LogP contribution in [0.3, 0.4) is 0 Å². The van der Waals surface area contributed by atoms with Crippen LogP contribution in [0.2, 0.25) is 0 Å². The highest BCUT2D eigenvalue weighted by Gasteiger charge is 2.30. The van der Waals surface area contributed by atoms with Crippen LogP contribution in [0.5, 0.6) is 0 Å². The van der Waals surface area contributed by atoms with Gasteiger partial charge >= 0.3 is 0 Å². The Bertz CT molecular complexity index is 740. The average molecular weight is 342 g/mol. The molecule has 8 heteroatoms. The molecule has 1 aromatic heterocycles. The number of aliphatic imine (C=N–C) groups is 2. The summed E-state index contributed by atoms with van der Waals surface area (Å²) in [6, 6.07) is 0. The third-order valence-corrected chi connectivity index (χ3v) is 4.21. The van der Waals surface area contributed by atoms with Crippen molar-refractivity contribution in [2.45, 2.75) is 25.6 Å². The summed E-state index contributed by atoms with van der Waals surface area (Å²) in [5.41, 5.74) is 6.72. The fraction of sp³-hybridized carbons (Fsp3) is 0.471. The van der Waals surface area contributed by atoms with E-state index < -0.39 is 6.29 Å². The van der Waals surface area contributed by atoms with E-state index in [1.165, 1.54) is 0 Å². The minimum Gasteiger partial charge on any atom is -0.429 e. The molecule has 0 radical (unpaired) electrons. The number of fused-ring (bicyclic) bond motifs is 1. The molecular formula is C17H22N6O2. The second-order valence-corrected chi connectivity index (χ2v) is 6.07. The van der Waals surface area contributed by atoms with Crippen molar-refractivity contribution in [3.8, 4) is 0 Å². The van der Waals surface area contributed by atoms with Crippen LogP contribution in [0.1, 0.15) is 30.9 Å². The first kappa shape index (κ1) is 16.0. The maximum absolute atomic E-state index is 6.04. The average Bonchev–Trinajstić information content (AvgIpc) is 2.81. The van der Waals surface area contributed by atoms with Crippen LogP contribution < -0.4 is 11.1 Å². The second kappa shape index (κ2) is 7.20. The van der Waals surface area contributed by atoms with Crippen molar-refractivity contribution in [2.24, 2.45) is 15.7 Å². The van der Waals surface area contributed by atoms with Crippen LogP contribution in [0.15, 0.2) is 38.8 Å². The number of ether oxygens (including phenoxy) is 1. The van der Waals surface area contributed by atoms with Gasteiger partial charge in [0.1, 0.15) is 5.71 Å². The van der Waals surface area contributed by atoms with E-state index in [4.69, 9.17) is 14.9 Å². The van der Waals surface area contributed by atoms with Gasteiger partial charge in [-0.3, -0.25) is 10.7 Å². The van der Waals surface area contributed by atoms with Gasteiger partial charge in [-0.15, -0.1) is 0 Å². The lowest BCUT2D eigenvalue weighted by atomic mass is 10.2. The van der Waals surface area contributed by atoms with Gasteiger partial charge in [0, 0.05) is 25.9 Å². The predicted molar refractivity (Wildman–Crippen MR) is 95.7 cm³/mol. The summed E-state index contributed by atoms with van der Waals surface area (Å²) < 4.78 is 11.6. The lowest BCUT2D eigenvalue weighted by molar-refractivity contribution is 0.147. The SMILES string of the molecule is NC1N=C(N2CCCOCC2)c2oc(C3=N/C=C\CC/C=C\3)nc2N1. The molecule has 1 unspecified atom stereocenters. The van der Waals surface area contributed by atoms with Gasteiger partial charge in [-0.2, -0.15) is 4.98 Å². The van der Waals surface area contributed by atoms with Gasteiger partial charge in [-0.25, -0.2) is 4.99 Å². The number of rotatable bonds is 1. The van der Waals surface area contributed by atoms with Crippen molar-refractivity contribution < 1.29 is 9.15 Å². The Labute approximate surface area is 146 Å². The number of anilines is 1. The van der Waals surface area contributed by atoms with Gasteiger partial charge in [-0.1, -0.05) is 12.2 Å². The standard InChI is InChI=1S/C17H22N6O2/c18-17-21-14-13(15(22-17)23-8-5-10-24-11-9-23)25-16(20-14)12-6-3-1-2-4-7-19-12/h3-4,6-7,17,21H,1-2,5,8-11,18H2/b6-3-,7-4-,19-12+. The molecule has 3 aliphatic heterocycles. The molecule has 0 spiro atoms. The number of nitrogens with two attached hydrogens (primary N) is 1. The van der Waals surface area contributed by atoms with Gasteiger partial charge in [-0.05, 0) is 25.3 Å². The van der Waals surface area contributed by atoms with Crippen LogP contribution in [-0.2, 0) is 4.74 Å². The van der Waals surface area contributed by atoms with E-state index in [0.29, 0.717) is 29.8 Å². The lowest BCUT2D eigenvalue weighted by Gasteiger charge is -2.26. The minimum atomic E-state index is -0.542. The summed E-state index contributed by atoms with van der Waals surface area (Å²) in [6.45, 7) is 3.03. The molecule has 3 N–H and O–H groups in total. The Hall–Kier alpha value is -2.45. The number of aromatic nitrogens is 1. The van der Waals surface area contributed by atoms with E-state index in [1.54, 1.807) is 6.20 Å². The minimum absolute atomic E-state index is 0.466. The van der Waals surface area contributed by atoms with Crippen molar-refractivity contribution in [1.82, 2.24) is 9.88 Å². The zero-order valence-corrected chi connectivity index (χ0v) is 14.0. The highest BCUT2D eigenvalue weighted by molar-refractivity contribution is 6.08. The van der Waals surface area contributed by atoms with Crippen LogP contribution in [0.4, 0.5) is 5.82 Å². The molecule has 0 aliphatic carbocycles. The zero-order valence-electron chi connectivity index (χ0n) is 14.0. The number of oxazole rings is 1. The van der Waals surface area contributed by atoms with Gasteiger partial charge in [0.05, 0.1) is 6.61 Å². The smallest absolute Gasteiger partial charge is 0.247 e. The third kappa shape index (κ3) is 3.49. The van der Waals surface area contributed by atoms with Crippen LogP contribution >= 0.6 is 0 Å². The van der Waals surface area contributed by atoms with E-state index in [2.05, 4.69) is 31.3 Å². The van der Waals surface area contributed by atoms with E-state index in [9.17, 15) is 0 Å². The van der Waals surface area contributed by atoms with Gasteiger partial charge in [0.25, 0.3) is 0 Å². The van der Waals surface area contributed by atoms with Gasteiger partial charge in [0.15, 0.2) is 17.9 Å². The van der Waals surface area contributed by atoms with E-state index in [0.717, 1.165) is 44.8 Å². The van der Waals surface area contributed by atoms with Crippen LogP contribution in [0.25, 0.3) is 0 Å². The normalized spacial score (nSPS) is 28.4. The quantitative estimate of drug-likeness (QED) is 0.801. The Morgan fingerprint density at radius 1 is 1.20 bits per heavy atom. The molecule has 4 heterocycles. The first-order chi connectivity index (χ1) is 12.3. The summed E-state index contributed by atoms with van der Waals surface area (Å²) in [6.07, 6.45) is 10.2. The summed E-state index contributed by atoms with van der Waals surface area (Å²) in [7, 11) is 0. The second-order valence-electron chi connectivity index (χ2n) is 6.07. The maximum Gasteiger partial charge on any atom is 0.247 e. The number of hydrogen-bond donors (Lipinski definition) is 2. The molecule has 1 aromatic rings. The molecule has 0 bridgehead atoms. The fourth-order valence-corrected chi connectivity index (χ4v) is 2.99. The molecule has 1 fully saturated rings. The first-order valence-electron chi connectivity index (χ1n) is 8.65. The third-order valence-electron chi connectivity index (χ3n) is 4.21. The largest absolute Gasteiger partial charge is 0.429 e. The van der Waals surface area contributed by atoms with Crippen LogP contribution in [-0.4, -0.2) is 54.0 Å². The molecule has 0 amide bonds. The molecular weight excluding hydrogens is 320 g/mol. The number of hydrogen-bond acceptors (Lipinski definition) is 8. The molecule has 1 saturated heterocycles. The number of nitrogens with one attached hydrogen (secondary N) is 1. The Morgan fingerprint density at radius 2 is 2.12 bits per heavy atom. The van der Waals surface area contributed by atoms with E-state index in [-0.39, 0.29) is 0 Å². The molecule has 25 heavy (non-hydrogen) atoms. The summed E-state index contributed by atoms with van der Waals surface area (Å²) in [5, 5.41) is 3.06. The first-order valence-corrected chi connectivity index (χ1v) is 8.65.